The first kappa shape index (κ1) is 18.3. The molecule has 0 spiro atoms. The summed E-state index contributed by atoms with van der Waals surface area (Å²) < 4.78 is 4.89. The van der Waals surface area contributed by atoms with Crippen LogP contribution in [0.5, 0.6) is 0 Å². The van der Waals surface area contributed by atoms with Gasteiger partial charge in [0, 0.05) is 25.6 Å². The highest BCUT2D eigenvalue weighted by Gasteiger charge is 2.23. The third-order valence-corrected chi connectivity index (χ3v) is 4.50. The number of rotatable bonds is 6. The highest BCUT2D eigenvalue weighted by molar-refractivity contribution is 5.76. The molecule has 2 amide bonds. The van der Waals surface area contributed by atoms with E-state index in [0.29, 0.717) is 26.1 Å². The second kappa shape index (κ2) is 9.30. The fourth-order valence-corrected chi connectivity index (χ4v) is 2.96. The van der Waals surface area contributed by atoms with Crippen LogP contribution in [0.1, 0.15) is 44.2 Å². The van der Waals surface area contributed by atoms with E-state index in [4.69, 9.17) is 4.74 Å². The van der Waals surface area contributed by atoms with Crippen molar-refractivity contribution in [2.45, 2.75) is 52.0 Å². The van der Waals surface area contributed by atoms with Crippen molar-refractivity contribution in [1.29, 1.82) is 0 Å². The summed E-state index contributed by atoms with van der Waals surface area (Å²) in [6.07, 6.45) is 3.57. The summed E-state index contributed by atoms with van der Waals surface area (Å²) in [6, 6.07) is 8.59. The van der Waals surface area contributed by atoms with Gasteiger partial charge in [-0.2, -0.15) is 0 Å². The molecule has 0 bridgehead atoms. The number of likely N-dealkylation sites (tertiary alicyclic amines) is 1. The SMILES string of the molecule is CCOC(=O)NC1CCN(C(=O)CCc2ccc(CC)cc2)CC1. The monoisotopic (exact) mass is 332 g/mol. The van der Waals surface area contributed by atoms with Crippen molar-refractivity contribution < 1.29 is 14.3 Å². The van der Waals surface area contributed by atoms with E-state index in [1.807, 2.05) is 4.90 Å². The number of aryl methyl sites for hydroxylation is 2. The average molecular weight is 332 g/mol. The topological polar surface area (TPSA) is 58.6 Å². The number of amides is 2. The third kappa shape index (κ3) is 5.55. The fraction of sp³-hybridized carbons (Fsp3) is 0.579. The molecular weight excluding hydrogens is 304 g/mol. The van der Waals surface area contributed by atoms with Gasteiger partial charge in [0.25, 0.3) is 0 Å². The Balaban J connectivity index is 1.71. The largest absolute Gasteiger partial charge is 0.450 e. The Hall–Kier alpha value is -2.04. The molecule has 1 aliphatic heterocycles. The molecule has 1 heterocycles. The highest BCUT2D eigenvalue weighted by atomic mass is 16.5. The number of hydrogen-bond donors (Lipinski definition) is 1. The van der Waals surface area contributed by atoms with Crippen LogP contribution in [0.4, 0.5) is 4.79 Å². The number of hydrogen-bond acceptors (Lipinski definition) is 3. The zero-order valence-corrected chi connectivity index (χ0v) is 14.7. The molecule has 0 unspecified atom stereocenters. The molecular formula is C19H28N2O3. The van der Waals surface area contributed by atoms with Crippen LogP contribution in [0.3, 0.4) is 0 Å². The van der Waals surface area contributed by atoms with Crippen molar-refractivity contribution in [3.05, 3.63) is 35.4 Å². The number of carbonyl (C=O) groups excluding carboxylic acids is 2. The van der Waals surface area contributed by atoms with Gasteiger partial charge in [0.2, 0.25) is 5.91 Å². The number of ether oxygens (including phenoxy) is 1. The van der Waals surface area contributed by atoms with Crippen LogP contribution in [0.2, 0.25) is 0 Å². The lowest BCUT2D eigenvalue weighted by molar-refractivity contribution is -0.132. The molecule has 0 saturated carbocycles. The molecule has 0 aliphatic carbocycles. The second-order valence-corrected chi connectivity index (χ2v) is 6.19. The van der Waals surface area contributed by atoms with Crippen LogP contribution >= 0.6 is 0 Å². The van der Waals surface area contributed by atoms with Crippen molar-refractivity contribution in [1.82, 2.24) is 10.2 Å². The Morgan fingerprint density at radius 1 is 1.12 bits per heavy atom. The van der Waals surface area contributed by atoms with Crippen molar-refractivity contribution in [3.8, 4) is 0 Å². The maximum Gasteiger partial charge on any atom is 0.407 e. The zero-order valence-electron chi connectivity index (χ0n) is 14.7. The normalized spacial score (nSPS) is 15.2. The van der Waals surface area contributed by atoms with Crippen LogP contribution in [0.25, 0.3) is 0 Å². The van der Waals surface area contributed by atoms with Gasteiger partial charge < -0.3 is 15.0 Å². The molecule has 1 N–H and O–H groups in total. The molecule has 5 heteroatoms. The number of nitrogens with zero attached hydrogens (tertiary/aromatic N) is 1. The summed E-state index contributed by atoms with van der Waals surface area (Å²) in [6.45, 7) is 5.70. The smallest absolute Gasteiger partial charge is 0.407 e. The Kier molecular flexibility index (Phi) is 7.09. The van der Waals surface area contributed by atoms with Crippen molar-refractivity contribution in [3.63, 3.8) is 0 Å². The van der Waals surface area contributed by atoms with Gasteiger partial charge in [-0.1, -0.05) is 31.2 Å². The zero-order chi connectivity index (χ0) is 17.4. The van der Waals surface area contributed by atoms with Gasteiger partial charge >= 0.3 is 6.09 Å². The van der Waals surface area contributed by atoms with E-state index in [0.717, 1.165) is 25.7 Å². The molecule has 2 rings (SSSR count). The van der Waals surface area contributed by atoms with Gasteiger partial charge in [-0.05, 0) is 43.7 Å². The third-order valence-electron chi connectivity index (χ3n) is 4.50. The van der Waals surface area contributed by atoms with Gasteiger partial charge in [0.1, 0.15) is 0 Å². The lowest BCUT2D eigenvalue weighted by Crippen LogP contribution is -2.46. The van der Waals surface area contributed by atoms with Gasteiger partial charge in [0.05, 0.1) is 6.61 Å². The van der Waals surface area contributed by atoms with E-state index in [1.54, 1.807) is 6.92 Å². The van der Waals surface area contributed by atoms with Crippen LogP contribution in [0, 0.1) is 0 Å². The van der Waals surface area contributed by atoms with Crippen LogP contribution in [-0.4, -0.2) is 42.6 Å². The summed E-state index contributed by atoms with van der Waals surface area (Å²) in [5.74, 6) is 0.198. The minimum Gasteiger partial charge on any atom is -0.450 e. The maximum absolute atomic E-state index is 12.3. The minimum absolute atomic E-state index is 0.106. The van der Waals surface area contributed by atoms with Gasteiger partial charge in [-0.3, -0.25) is 4.79 Å². The molecule has 132 valence electrons. The standard InChI is InChI=1S/C19H28N2O3/c1-3-15-5-7-16(8-6-15)9-10-18(22)21-13-11-17(12-14-21)20-19(23)24-4-2/h5-8,17H,3-4,9-14H2,1-2H3,(H,20,23). The Morgan fingerprint density at radius 3 is 2.33 bits per heavy atom. The van der Waals surface area contributed by atoms with Gasteiger partial charge in [-0.25, -0.2) is 4.79 Å². The molecule has 1 aromatic rings. The first-order chi connectivity index (χ1) is 11.6. The van der Waals surface area contributed by atoms with E-state index < -0.39 is 0 Å². The number of benzene rings is 1. The van der Waals surface area contributed by atoms with Crippen LogP contribution < -0.4 is 5.32 Å². The molecule has 0 radical (unpaired) electrons. The van der Waals surface area contributed by atoms with E-state index in [2.05, 4.69) is 36.5 Å². The van der Waals surface area contributed by atoms with Crippen molar-refractivity contribution in [2.75, 3.05) is 19.7 Å². The Bertz CT molecular complexity index is 534. The summed E-state index contributed by atoms with van der Waals surface area (Å²) >= 11 is 0. The fourth-order valence-electron chi connectivity index (χ4n) is 2.96. The van der Waals surface area contributed by atoms with Gasteiger partial charge in [-0.15, -0.1) is 0 Å². The average Bonchev–Trinajstić information content (AvgIpc) is 2.61. The molecule has 0 aromatic heterocycles. The van der Waals surface area contributed by atoms with E-state index in [1.165, 1.54) is 11.1 Å². The van der Waals surface area contributed by atoms with Crippen LogP contribution in [-0.2, 0) is 22.4 Å². The molecule has 5 nitrogen and oxygen atoms in total. The van der Waals surface area contributed by atoms with E-state index >= 15 is 0 Å². The molecule has 24 heavy (non-hydrogen) atoms. The summed E-state index contributed by atoms with van der Waals surface area (Å²) in [4.78, 5) is 25.7. The van der Waals surface area contributed by atoms with E-state index in [-0.39, 0.29) is 18.0 Å². The molecule has 1 aromatic carbocycles. The maximum atomic E-state index is 12.3. The Morgan fingerprint density at radius 2 is 1.75 bits per heavy atom. The first-order valence-electron chi connectivity index (χ1n) is 8.91. The Labute approximate surface area is 144 Å². The van der Waals surface area contributed by atoms with Crippen molar-refractivity contribution >= 4 is 12.0 Å². The first-order valence-corrected chi connectivity index (χ1v) is 8.91. The van der Waals surface area contributed by atoms with Crippen molar-refractivity contribution in [2.24, 2.45) is 0 Å². The lowest BCUT2D eigenvalue weighted by atomic mass is 10.0. The summed E-state index contributed by atoms with van der Waals surface area (Å²) in [5, 5.41) is 2.85. The highest BCUT2D eigenvalue weighted by Crippen LogP contribution is 2.14. The molecule has 0 atom stereocenters. The number of piperidine rings is 1. The number of alkyl carbamates (subject to hydrolysis) is 1. The predicted molar refractivity (Wildman–Crippen MR) is 93.9 cm³/mol. The van der Waals surface area contributed by atoms with Crippen LogP contribution in [0.15, 0.2) is 24.3 Å². The number of carbonyl (C=O) groups is 2. The lowest BCUT2D eigenvalue weighted by Gasteiger charge is -2.32. The molecule has 1 saturated heterocycles. The summed E-state index contributed by atoms with van der Waals surface area (Å²) in [5.41, 5.74) is 2.53. The minimum atomic E-state index is -0.363. The molecule has 1 fully saturated rings. The second-order valence-electron chi connectivity index (χ2n) is 6.19. The predicted octanol–water partition coefficient (Wildman–Crippen LogP) is 2.92. The summed E-state index contributed by atoms with van der Waals surface area (Å²) in [7, 11) is 0. The number of nitrogens with one attached hydrogen (secondary N) is 1. The van der Waals surface area contributed by atoms with Gasteiger partial charge in [0.15, 0.2) is 0 Å². The molecule has 1 aliphatic rings. The quantitative estimate of drug-likeness (QED) is 0.871. The van der Waals surface area contributed by atoms with E-state index in [9.17, 15) is 9.59 Å².